The molecule has 1 aromatic heterocycles. The van der Waals surface area contributed by atoms with E-state index < -0.39 is 0 Å². The highest BCUT2D eigenvalue weighted by molar-refractivity contribution is 5.81. The third kappa shape index (κ3) is 2.53. The maximum Gasteiger partial charge on any atom is 0.0482 e. The van der Waals surface area contributed by atoms with E-state index in [-0.39, 0.29) is 0 Å². The standard InChI is InChI=1S/C16H23N3/c1-13-4-5-14-11-15(18(3)16(14)10-13)12-19-8-6-17(2)7-9-19/h4-5,10-11H,6-9,12H2,1-3H3. The predicted octanol–water partition coefficient (Wildman–Crippen LogP) is 2.23. The lowest BCUT2D eigenvalue weighted by Crippen LogP contribution is -2.44. The summed E-state index contributed by atoms with van der Waals surface area (Å²) in [5.41, 5.74) is 4.11. The van der Waals surface area contributed by atoms with Gasteiger partial charge in [0.05, 0.1) is 0 Å². The SMILES string of the molecule is Cc1ccc2cc(CN3CCN(C)CC3)n(C)c2c1. The first-order valence-corrected chi connectivity index (χ1v) is 7.09. The fourth-order valence-corrected chi connectivity index (χ4v) is 2.88. The summed E-state index contributed by atoms with van der Waals surface area (Å²) >= 11 is 0. The van der Waals surface area contributed by atoms with E-state index in [1.165, 1.54) is 48.3 Å². The van der Waals surface area contributed by atoms with Gasteiger partial charge in [-0.25, -0.2) is 0 Å². The maximum atomic E-state index is 2.56. The van der Waals surface area contributed by atoms with Crippen LogP contribution in [-0.2, 0) is 13.6 Å². The molecule has 1 saturated heterocycles. The lowest BCUT2D eigenvalue weighted by molar-refractivity contribution is 0.146. The van der Waals surface area contributed by atoms with E-state index in [9.17, 15) is 0 Å². The number of hydrogen-bond donors (Lipinski definition) is 0. The van der Waals surface area contributed by atoms with Gasteiger partial charge in [0.15, 0.2) is 0 Å². The minimum atomic E-state index is 1.07. The molecule has 0 aliphatic carbocycles. The fourth-order valence-electron chi connectivity index (χ4n) is 2.88. The Morgan fingerprint density at radius 3 is 2.47 bits per heavy atom. The normalized spacial score (nSPS) is 18.3. The third-order valence-electron chi connectivity index (χ3n) is 4.28. The summed E-state index contributed by atoms with van der Waals surface area (Å²) in [6.45, 7) is 7.95. The molecule has 19 heavy (non-hydrogen) atoms. The van der Waals surface area contributed by atoms with Crippen LogP contribution in [0.1, 0.15) is 11.3 Å². The summed E-state index contributed by atoms with van der Waals surface area (Å²) in [6, 6.07) is 9.05. The van der Waals surface area contributed by atoms with Crippen molar-refractivity contribution in [3.63, 3.8) is 0 Å². The second kappa shape index (κ2) is 4.99. The van der Waals surface area contributed by atoms with Crippen molar-refractivity contribution in [2.45, 2.75) is 13.5 Å². The number of benzene rings is 1. The summed E-state index contributed by atoms with van der Waals surface area (Å²) in [5, 5.41) is 1.36. The van der Waals surface area contributed by atoms with Gasteiger partial charge in [0.1, 0.15) is 0 Å². The Bertz CT molecular complexity index is 577. The predicted molar refractivity (Wildman–Crippen MR) is 80.4 cm³/mol. The van der Waals surface area contributed by atoms with E-state index in [0.717, 1.165) is 6.54 Å². The first kappa shape index (κ1) is 12.7. The molecule has 3 rings (SSSR count). The summed E-state index contributed by atoms with van der Waals surface area (Å²) in [7, 11) is 4.39. The Hall–Kier alpha value is -1.32. The number of hydrogen-bond acceptors (Lipinski definition) is 2. The Morgan fingerprint density at radius 1 is 1.00 bits per heavy atom. The number of piperazine rings is 1. The fraction of sp³-hybridized carbons (Fsp3) is 0.500. The summed E-state index contributed by atoms with van der Waals surface area (Å²) in [6.07, 6.45) is 0. The third-order valence-corrected chi connectivity index (χ3v) is 4.28. The smallest absolute Gasteiger partial charge is 0.0482 e. The van der Waals surface area contributed by atoms with Crippen LogP contribution in [-0.4, -0.2) is 47.6 Å². The lowest BCUT2D eigenvalue weighted by Gasteiger charge is -2.32. The van der Waals surface area contributed by atoms with Crippen LogP contribution in [0.25, 0.3) is 10.9 Å². The number of rotatable bonds is 2. The highest BCUT2D eigenvalue weighted by atomic mass is 15.2. The first-order chi connectivity index (χ1) is 9.13. The van der Waals surface area contributed by atoms with Crippen molar-refractivity contribution in [2.24, 2.45) is 7.05 Å². The van der Waals surface area contributed by atoms with Gasteiger partial charge in [-0.3, -0.25) is 4.90 Å². The molecule has 0 unspecified atom stereocenters. The molecule has 0 amide bonds. The van der Waals surface area contributed by atoms with E-state index in [1.807, 2.05) is 0 Å². The van der Waals surface area contributed by atoms with Gasteiger partial charge in [-0.05, 0) is 37.1 Å². The molecular weight excluding hydrogens is 234 g/mol. The Morgan fingerprint density at radius 2 is 1.74 bits per heavy atom. The molecule has 2 heterocycles. The zero-order chi connectivity index (χ0) is 13.4. The van der Waals surface area contributed by atoms with Crippen molar-refractivity contribution in [1.82, 2.24) is 14.4 Å². The van der Waals surface area contributed by atoms with E-state index in [0.29, 0.717) is 0 Å². The molecule has 0 saturated carbocycles. The second-order valence-electron chi connectivity index (χ2n) is 5.84. The van der Waals surface area contributed by atoms with Crippen LogP contribution >= 0.6 is 0 Å². The molecule has 1 aliphatic rings. The van der Waals surface area contributed by atoms with E-state index in [2.05, 4.69) is 59.7 Å². The van der Waals surface area contributed by atoms with E-state index in [1.54, 1.807) is 0 Å². The van der Waals surface area contributed by atoms with Gasteiger partial charge in [-0.15, -0.1) is 0 Å². The summed E-state index contributed by atoms with van der Waals surface area (Å²) in [4.78, 5) is 4.96. The average molecular weight is 257 g/mol. The molecule has 102 valence electrons. The first-order valence-electron chi connectivity index (χ1n) is 7.09. The molecule has 1 fully saturated rings. The molecule has 1 aliphatic heterocycles. The molecule has 0 spiro atoms. The number of aryl methyl sites for hydroxylation is 2. The average Bonchev–Trinajstić information content (AvgIpc) is 2.70. The number of nitrogens with zero attached hydrogens (tertiary/aromatic N) is 3. The Balaban J connectivity index is 1.83. The van der Waals surface area contributed by atoms with Crippen LogP contribution in [0.5, 0.6) is 0 Å². The number of aromatic nitrogens is 1. The molecule has 2 aromatic rings. The van der Waals surface area contributed by atoms with Crippen molar-refractivity contribution < 1.29 is 0 Å². The van der Waals surface area contributed by atoms with Crippen molar-refractivity contribution in [2.75, 3.05) is 33.2 Å². The highest BCUT2D eigenvalue weighted by Gasteiger charge is 2.15. The molecule has 0 bridgehead atoms. The van der Waals surface area contributed by atoms with Crippen LogP contribution < -0.4 is 0 Å². The van der Waals surface area contributed by atoms with Crippen molar-refractivity contribution >= 4 is 10.9 Å². The van der Waals surface area contributed by atoms with Gasteiger partial charge in [0.25, 0.3) is 0 Å². The van der Waals surface area contributed by atoms with Crippen molar-refractivity contribution in [1.29, 1.82) is 0 Å². The molecule has 3 heteroatoms. The minimum absolute atomic E-state index is 1.07. The molecule has 1 aromatic carbocycles. The molecule has 0 radical (unpaired) electrons. The monoisotopic (exact) mass is 257 g/mol. The van der Waals surface area contributed by atoms with Gasteiger partial charge in [-0.1, -0.05) is 12.1 Å². The molecular formula is C16H23N3. The Kier molecular flexibility index (Phi) is 3.33. The van der Waals surface area contributed by atoms with Gasteiger partial charge in [-0.2, -0.15) is 0 Å². The summed E-state index contributed by atoms with van der Waals surface area (Å²) in [5.74, 6) is 0. The van der Waals surface area contributed by atoms with E-state index >= 15 is 0 Å². The van der Waals surface area contributed by atoms with Crippen LogP contribution in [0.15, 0.2) is 24.3 Å². The zero-order valence-corrected chi connectivity index (χ0v) is 12.2. The minimum Gasteiger partial charge on any atom is -0.346 e. The van der Waals surface area contributed by atoms with Gasteiger partial charge in [0, 0.05) is 51.0 Å². The van der Waals surface area contributed by atoms with Crippen LogP contribution in [0.3, 0.4) is 0 Å². The second-order valence-corrected chi connectivity index (χ2v) is 5.84. The van der Waals surface area contributed by atoms with E-state index in [4.69, 9.17) is 0 Å². The number of likely N-dealkylation sites (N-methyl/N-ethyl adjacent to an activating group) is 1. The van der Waals surface area contributed by atoms with Gasteiger partial charge >= 0.3 is 0 Å². The van der Waals surface area contributed by atoms with Gasteiger partial charge < -0.3 is 9.47 Å². The maximum absolute atomic E-state index is 2.56. The highest BCUT2D eigenvalue weighted by Crippen LogP contribution is 2.21. The largest absolute Gasteiger partial charge is 0.346 e. The lowest BCUT2D eigenvalue weighted by atomic mass is 10.2. The topological polar surface area (TPSA) is 11.4 Å². The molecule has 3 nitrogen and oxygen atoms in total. The molecule has 0 N–H and O–H groups in total. The van der Waals surface area contributed by atoms with Crippen LogP contribution in [0.2, 0.25) is 0 Å². The quantitative estimate of drug-likeness (QED) is 0.817. The van der Waals surface area contributed by atoms with Crippen LogP contribution in [0.4, 0.5) is 0 Å². The van der Waals surface area contributed by atoms with Gasteiger partial charge in [0.2, 0.25) is 0 Å². The summed E-state index contributed by atoms with van der Waals surface area (Å²) < 4.78 is 2.35. The van der Waals surface area contributed by atoms with Crippen molar-refractivity contribution in [3.8, 4) is 0 Å². The van der Waals surface area contributed by atoms with Crippen LogP contribution in [0, 0.1) is 6.92 Å². The number of fused-ring (bicyclic) bond motifs is 1. The Labute approximate surface area is 115 Å². The zero-order valence-electron chi connectivity index (χ0n) is 12.2. The van der Waals surface area contributed by atoms with Crippen molar-refractivity contribution in [3.05, 3.63) is 35.5 Å². The molecule has 0 atom stereocenters.